The molecule has 1 aliphatic heterocycles. The van der Waals surface area contributed by atoms with Crippen molar-refractivity contribution in [3.63, 3.8) is 0 Å². The number of hydrogen-bond donors (Lipinski definition) is 2. The number of fused-ring (bicyclic) bond motifs is 1. The average Bonchev–Trinajstić information content (AvgIpc) is 3.32. The Morgan fingerprint density at radius 2 is 1.93 bits per heavy atom. The number of hydrogen-bond acceptors (Lipinski definition) is 4. The molecule has 3 heterocycles. The minimum Gasteiger partial charge on any atom is -0.451 e. The van der Waals surface area contributed by atoms with Gasteiger partial charge in [-0.1, -0.05) is 18.2 Å². The number of pyridine rings is 1. The molecule has 1 aromatic carbocycles. The SMILES string of the molecule is Cc1c(C(=O)NNC(=O)N2CCC[C@H]2c2ccncc2)oc2ccccc12. The van der Waals surface area contributed by atoms with Gasteiger partial charge in [0.25, 0.3) is 0 Å². The average molecular weight is 364 g/mol. The number of aryl methyl sites for hydroxylation is 1. The van der Waals surface area contributed by atoms with Gasteiger partial charge in [-0.05, 0) is 43.5 Å². The first kappa shape index (κ1) is 17.1. The van der Waals surface area contributed by atoms with Crippen LogP contribution < -0.4 is 10.9 Å². The molecular weight excluding hydrogens is 344 g/mol. The summed E-state index contributed by atoms with van der Waals surface area (Å²) in [4.78, 5) is 30.8. The minimum atomic E-state index is -0.475. The highest BCUT2D eigenvalue weighted by atomic mass is 16.3. The van der Waals surface area contributed by atoms with Gasteiger partial charge in [-0.3, -0.25) is 15.2 Å². The molecule has 1 aliphatic rings. The van der Waals surface area contributed by atoms with Crippen LogP contribution in [0.25, 0.3) is 11.0 Å². The Balaban J connectivity index is 1.44. The van der Waals surface area contributed by atoms with Crippen LogP contribution in [0, 0.1) is 6.92 Å². The standard InChI is InChI=1S/C20H20N4O3/c1-13-15-5-2-3-7-17(15)27-18(13)19(25)22-23-20(26)24-12-4-6-16(24)14-8-10-21-11-9-14/h2-3,5,7-11,16H,4,6,12H2,1H3,(H,22,25)(H,23,26)/t16-/m0/s1. The Hall–Kier alpha value is -3.35. The number of benzene rings is 1. The second-order valence-corrected chi connectivity index (χ2v) is 6.57. The second kappa shape index (κ2) is 7.11. The Labute approximate surface area is 156 Å². The molecule has 3 aromatic rings. The van der Waals surface area contributed by atoms with E-state index in [1.807, 2.05) is 37.3 Å². The highest BCUT2D eigenvalue weighted by molar-refractivity contribution is 5.99. The summed E-state index contributed by atoms with van der Waals surface area (Å²) < 4.78 is 5.62. The van der Waals surface area contributed by atoms with E-state index in [2.05, 4.69) is 15.8 Å². The molecule has 0 aliphatic carbocycles. The predicted octanol–water partition coefficient (Wildman–Crippen LogP) is 3.33. The Morgan fingerprint density at radius 3 is 2.70 bits per heavy atom. The molecule has 27 heavy (non-hydrogen) atoms. The molecular formula is C20H20N4O3. The van der Waals surface area contributed by atoms with E-state index in [0.717, 1.165) is 29.4 Å². The number of aromatic nitrogens is 1. The first-order valence-electron chi connectivity index (χ1n) is 8.90. The molecule has 3 amide bonds. The molecule has 2 N–H and O–H groups in total. The van der Waals surface area contributed by atoms with Crippen molar-refractivity contribution in [2.24, 2.45) is 0 Å². The molecule has 0 bridgehead atoms. The quantitative estimate of drug-likeness (QED) is 0.683. The molecule has 7 nitrogen and oxygen atoms in total. The van der Waals surface area contributed by atoms with Crippen LogP contribution in [-0.4, -0.2) is 28.4 Å². The molecule has 1 atom stereocenters. The zero-order valence-electron chi connectivity index (χ0n) is 14.9. The number of urea groups is 1. The molecule has 0 saturated carbocycles. The lowest BCUT2D eigenvalue weighted by molar-refractivity contribution is 0.0902. The van der Waals surface area contributed by atoms with Gasteiger partial charge in [0.05, 0.1) is 6.04 Å². The van der Waals surface area contributed by atoms with Crippen LogP contribution in [-0.2, 0) is 0 Å². The van der Waals surface area contributed by atoms with Gasteiger partial charge < -0.3 is 9.32 Å². The van der Waals surface area contributed by atoms with Crippen molar-refractivity contribution in [2.75, 3.05) is 6.54 Å². The highest BCUT2D eigenvalue weighted by Gasteiger charge is 2.30. The van der Waals surface area contributed by atoms with Crippen molar-refractivity contribution in [2.45, 2.75) is 25.8 Å². The predicted molar refractivity (Wildman–Crippen MR) is 99.9 cm³/mol. The first-order chi connectivity index (χ1) is 13.1. The number of rotatable bonds is 2. The fourth-order valence-corrected chi connectivity index (χ4v) is 3.57. The summed E-state index contributed by atoms with van der Waals surface area (Å²) in [5.74, 6) is -0.277. The van der Waals surface area contributed by atoms with Gasteiger partial charge in [0.15, 0.2) is 5.76 Å². The summed E-state index contributed by atoms with van der Waals surface area (Å²) >= 11 is 0. The van der Waals surface area contributed by atoms with Gasteiger partial charge in [0.1, 0.15) is 5.58 Å². The number of likely N-dealkylation sites (tertiary alicyclic amines) is 1. The summed E-state index contributed by atoms with van der Waals surface area (Å²) in [5.41, 5.74) is 7.39. The summed E-state index contributed by atoms with van der Waals surface area (Å²) in [6.07, 6.45) is 5.23. The molecule has 1 saturated heterocycles. The second-order valence-electron chi connectivity index (χ2n) is 6.57. The van der Waals surface area contributed by atoms with Crippen LogP contribution in [0.3, 0.4) is 0 Å². The normalized spacial score (nSPS) is 16.5. The Morgan fingerprint density at radius 1 is 1.15 bits per heavy atom. The van der Waals surface area contributed by atoms with Gasteiger partial charge in [-0.2, -0.15) is 0 Å². The lowest BCUT2D eigenvalue weighted by Crippen LogP contribution is -2.48. The van der Waals surface area contributed by atoms with E-state index in [-0.39, 0.29) is 17.8 Å². The van der Waals surface area contributed by atoms with Crippen molar-refractivity contribution in [3.05, 3.63) is 65.7 Å². The fraction of sp³-hybridized carbons (Fsp3) is 0.250. The first-order valence-corrected chi connectivity index (χ1v) is 8.90. The van der Waals surface area contributed by atoms with Crippen molar-refractivity contribution in [3.8, 4) is 0 Å². The smallest absolute Gasteiger partial charge is 0.336 e. The minimum absolute atomic E-state index is 0.0159. The van der Waals surface area contributed by atoms with E-state index in [0.29, 0.717) is 12.1 Å². The highest BCUT2D eigenvalue weighted by Crippen LogP contribution is 2.31. The van der Waals surface area contributed by atoms with E-state index < -0.39 is 5.91 Å². The van der Waals surface area contributed by atoms with Crippen LogP contribution in [0.5, 0.6) is 0 Å². The molecule has 7 heteroatoms. The number of nitrogens with zero attached hydrogens (tertiary/aromatic N) is 2. The van der Waals surface area contributed by atoms with Crippen LogP contribution in [0.15, 0.2) is 53.2 Å². The molecule has 2 aromatic heterocycles. The summed E-state index contributed by atoms with van der Waals surface area (Å²) in [6, 6.07) is 10.9. The van der Waals surface area contributed by atoms with Crippen molar-refractivity contribution in [1.29, 1.82) is 0 Å². The number of para-hydroxylation sites is 1. The number of carbonyl (C=O) groups is 2. The molecule has 0 spiro atoms. The number of furan rings is 1. The molecule has 1 fully saturated rings. The van der Waals surface area contributed by atoms with Gasteiger partial charge in [0.2, 0.25) is 0 Å². The van der Waals surface area contributed by atoms with E-state index in [4.69, 9.17) is 4.42 Å². The van der Waals surface area contributed by atoms with Gasteiger partial charge >= 0.3 is 11.9 Å². The van der Waals surface area contributed by atoms with Gasteiger partial charge in [-0.15, -0.1) is 0 Å². The third-order valence-electron chi connectivity index (χ3n) is 4.94. The van der Waals surface area contributed by atoms with Crippen LogP contribution in [0.4, 0.5) is 4.79 Å². The Kier molecular flexibility index (Phi) is 4.50. The van der Waals surface area contributed by atoms with Crippen LogP contribution >= 0.6 is 0 Å². The van der Waals surface area contributed by atoms with Crippen molar-refractivity contribution < 1.29 is 14.0 Å². The number of nitrogens with one attached hydrogen (secondary N) is 2. The molecule has 4 rings (SSSR count). The van der Waals surface area contributed by atoms with Crippen LogP contribution in [0.1, 0.15) is 40.6 Å². The van der Waals surface area contributed by atoms with E-state index in [1.165, 1.54) is 0 Å². The summed E-state index contributed by atoms with van der Waals surface area (Å²) in [7, 11) is 0. The van der Waals surface area contributed by atoms with Crippen LogP contribution in [0.2, 0.25) is 0 Å². The third kappa shape index (κ3) is 3.23. The molecule has 0 radical (unpaired) electrons. The number of hydrazine groups is 1. The number of amides is 3. The zero-order valence-corrected chi connectivity index (χ0v) is 14.9. The lowest BCUT2D eigenvalue weighted by atomic mass is 10.1. The monoisotopic (exact) mass is 364 g/mol. The van der Waals surface area contributed by atoms with E-state index >= 15 is 0 Å². The fourth-order valence-electron chi connectivity index (χ4n) is 3.57. The lowest BCUT2D eigenvalue weighted by Gasteiger charge is -2.25. The summed E-state index contributed by atoms with van der Waals surface area (Å²) in [5, 5.41) is 0.881. The third-order valence-corrected chi connectivity index (χ3v) is 4.94. The maximum atomic E-state index is 12.6. The van der Waals surface area contributed by atoms with E-state index in [9.17, 15) is 9.59 Å². The molecule has 138 valence electrons. The van der Waals surface area contributed by atoms with Crippen molar-refractivity contribution >= 4 is 22.9 Å². The number of carbonyl (C=O) groups excluding carboxylic acids is 2. The summed E-state index contributed by atoms with van der Waals surface area (Å²) in [6.45, 7) is 2.46. The topological polar surface area (TPSA) is 87.5 Å². The van der Waals surface area contributed by atoms with Gasteiger partial charge in [0, 0.05) is 29.9 Å². The molecule has 0 unspecified atom stereocenters. The van der Waals surface area contributed by atoms with E-state index in [1.54, 1.807) is 23.4 Å². The zero-order chi connectivity index (χ0) is 18.8. The Bertz CT molecular complexity index is 983. The maximum absolute atomic E-state index is 12.6. The largest absolute Gasteiger partial charge is 0.451 e. The van der Waals surface area contributed by atoms with Crippen molar-refractivity contribution in [1.82, 2.24) is 20.7 Å². The van der Waals surface area contributed by atoms with Gasteiger partial charge in [-0.25, -0.2) is 10.2 Å². The maximum Gasteiger partial charge on any atom is 0.336 e.